The number of nitrogens with zero attached hydrogens (tertiary/aromatic N) is 1. The third-order valence-corrected chi connectivity index (χ3v) is 4.62. The summed E-state index contributed by atoms with van der Waals surface area (Å²) in [6.45, 7) is 9.18. The first-order valence-corrected chi connectivity index (χ1v) is 8.65. The second-order valence-corrected chi connectivity index (χ2v) is 6.84. The lowest BCUT2D eigenvalue weighted by Gasteiger charge is -2.23. The van der Waals surface area contributed by atoms with Gasteiger partial charge in [-0.25, -0.2) is 0 Å². The predicted molar refractivity (Wildman–Crippen MR) is 94.5 cm³/mol. The number of nitrogens with one attached hydrogen (secondary N) is 1. The molecule has 2 nitrogen and oxygen atoms in total. The summed E-state index contributed by atoms with van der Waals surface area (Å²) in [5.41, 5.74) is 2.34. The number of anilines is 1. The van der Waals surface area contributed by atoms with Crippen LogP contribution >= 0.6 is 22.9 Å². The van der Waals surface area contributed by atoms with Gasteiger partial charge in [0.15, 0.2) is 0 Å². The third-order valence-electron chi connectivity index (χ3n) is 3.41. The van der Waals surface area contributed by atoms with Crippen molar-refractivity contribution >= 4 is 28.6 Å². The van der Waals surface area contributed by atoms with E-state index >= 15 is 0 Å². The van der Waals surface area contributed by atoms with Crippen molar-refractivity contribution in [2.24, 2.45) is 0 Å². The standard InChI is InChI=1S/C17H23ClN2S/c1-4-20(12-16-6-5-9-21-16)15-8-7-14(17(18)10-15)11-19-13(2)3/h5-10,13,19H,4,11-12H2,1-3H3. The Morgan fingerprint density at radius 1 is 1.29 bits per heavy atom. The molecule has 0 unspecified atom stereocenters. The highest BCUT2D eigenvalue weighted by Gasteiger charge is 2.09. The second-order valence-electron chi connectivity index (χ2n) is 5.40. The van der Waals surface area contributed by atoms with Crippen molar-refractivity contribution in [2.45, 2.75) is 39.9 Å². The van der Waals surface area contributed by atoms with E-state index in [9.17, 15) is 0 Å². The molecule has 2 rings (SSSR count). The Morgan fingerprint density at radius 3 is 2.67 bits per heavy atom. The van der Waals surface area contributed by atoms with Crippen LogP contribution in [0, 0.1) is 0 Å². The Bertz CT molecular complexity index is 552. The molecule has 0 amide bonds. The number of hydrogen-bond acceptors (Lipinski definition) is 3. The Kier molecular flexibility index (Phi) is 6.09. The van der Waals surface area contributed by atoms with Crippen LogP contribution in [0.5, 0.6) is 0 Å². The normalized spacial score (nSPS) is 11.1. The van der Waals surface area contributed by atoms with Crippen LogP contribution in [0.1, 0.15) is 31.2 Å². The molecule has 4 heteroatoms. The molecule has 0 aliphatic heterocycles. The molecule has 1 N–H and O–H groups in total. The lowest BCUT2D eigenvalue weighted by Crippen LogP contribution is -2.23. The van der Waals surface area contributed by atoms with Gasteiger partial charge < -0.3 is 10.2 Å². The average Bonchev–Trinajstić information content (AvgIpc) is 2.96. The van der Waals surface area contributed by atoms with Crippen LogP contribution in [-0.2, 0) is 13.1 Å². The molecule has 0 spiro atoms. The summed E-state index contributed by atoms with van der Waals surface area (Å²) in [6, 6.07) is 11.1. The van der Waals surface area contributed by atoms with E-state index in [2.05, 4.69) is 66.7 Å². The van der Waals surface area contributed by atoms with Crippen LogP contribution in [0.15, 0.2) is 35.7 Å². The van der Waals surface area contributed by atoms with Crippen LogP contribution in [0.3, 0.4) is 0 Å². The molecular formula is C17H23ClN2S. The molecule has 1 heterocycles. The number of halogens is 1. The van der Waals surface area contributed by atoms with Crippen LogP contribution in [-0.4, -0.2) is 12.6 Å². The van der Waals surface area contributed by atoms with Gasteiger partial charge in [0.1, 0.15) is 0 Å². The summed E-state index contributed by atoms with van der Waals surface area (Å²) in [5, 5.41) is 6.37. The highest BCUT2D eigenvalue weighted by Crippen LogP contribution is 2.25. The first-order valence-electron chi connectivity index (χ1n) is 7.39. The van der Waals surface area contributed by atoms with Gasteiger partial charge in [-0.05, 0) is 36.1 Å². The lowest BCUT2D eigenvalue weighted by atomic mass is 10.1. The van der Waals surface area contributed by atoms with E-state index in [0.29, 0.717) is 6.04 Å². The van der Waals surface area contributed by atoms with Crippen LogP contribution < -0.4 is 10.2 Å². The Labute approximate surface area is 136 Å². The van der Waals surface area contributed by atoms with Crippen molar-refractivity contribution in [3.63, 3.8) is 0 Å². The molecule has 1 aromatic carbocycles. The summed E-state index contributed by atoms with van der Waals surface area (Å²) in [5.74, 6) is 0. The van der Waals surface area contributed by atoms with Gasteiger partial charge in [0.05, 0.1) is 6.54 Å². The van der Waals surface area contributed by atoms with Crippen molar-refractivity contribution in [3.8, 4) is 0 Å². The topological polar surface area (TPSA) is 15.3 Å². The Morgan fingerprint density at radius 2 is 2.10 bits per heavy atom. The summed E-state index contributed by atoms with van der Waals surface area (Å²) >= 11 is 8.23. The van der Waals surface area contributed by atoms with Gasteiger partial charge in [-0.2, -0.15) is 0 Å². The SMILES string of the molecule is CCN(Cc1cccs1)c1ccc(CNC(C)C)c(Cl)c1. The van der Waals surface area contributed by atoms with Gasteiger partial charge in [-0.1, -0.05) is 37.6 Å². The van der Waals surface area contributed by atoms with Crippen molar-refractivity contribution in [2.75, 3.05) is 11.4 Å². The molecule has 0 saturated heterocycles. The maximum absolute atomic E-state index is 6.43. The Balaban J connectivity index is 2.09. The third kappa shape index (κ3) is 4.73. The minimum absolute atomic E-state index is 0.465. The molecule has 0 saturated carbocycles. The fourth-order valence-electron chi connectivity index (χ4n) is 2.17. The number of rotatable bonds is 7. The monoisotopic (exact) mass is 322 g/mol. The van der Waals surface area contributed by atoms with Crippen molar-refractivity contribution < 1.29 is 0 Å². The number of thiophene rings is 1. The first kappa shape index (κ1) is 16.3. The molecule has 2 aromatic rings. The average molecular weight is 323 g/mol. The quantitative estimate of drug-likeness (QED) is 0.777. The molecule has 1 aromatic heterocycles. The van der Waals surface area contributed by atoms with Crippen LogP contribution in [0.2, 0.25) is 5.02 Å². The molecule has 0 radical (unpaired) electrons. The molecule has 0 atom stereocenters. The zero-order valence-corrected chi connectivity index (χ0v) is 14.5. The highest BCUT2D eigenvalue weighted by atomic mass is 35.5. The smallest absolute Gasteiger partial charge is 0.0522 e. The van der Waals surface area contributed by atoms with Gasteiger partial charge in [0, 0.05) is 34.7 Å². The summed E-state index contributed by atoms with van der Waals surface area (Å²) in [7, 11) is 0. The number of benzene rings is 1. The summed E-state index contributed by atoms with van der Waals surface area (Å²) in [6.07, 6.45) is 0. The summed E-state index contributed by atoms with van der Waals surface area (Å²) < 4.78 is 0. The van der Waals surface area contributed by atoms with Gasteiger partial charge in [0.25, 0.3) is 0 Å². The maximum Gasteiger partial charge on any atom is 0.0522 e. The predicted octanol–water partition coefficient (Wildman–Crippen LogP) is 4.93. The van der Waals surface area contributed by atoms with E-state index in [4.69, 9.17) is 11.6 Å². The van der Waals surface area contributed by atoms with Gasteiger partial charge in [-0.15, -0.1) is 11.3 Å². The van der Waals surface area contributed by atoms with Crippen LogP contribution in [0.25, 0.3) is 0 Å². The maximum atomic E-state index is 6.43. The lowest BCUT2D eigenvalue weighted by molar-refractivity contribution is 0.589. The molecule has 0 bridgehead atoms. The number of hydrogen-bond donors (Lipinski definition) is 1. The molecule has 0 fully saturated rings. The highest BCUT2D eigenvalue weighted by molar-refractivity contribution is 7.09. The van der Waals surface area contributed by atoms with Crippen LogP contribution in [0.4, 0.5) is 5.69 Å². The zero-order chi connectivity index (χ0) is 15.2. The van der Waals surface area contributed by atoms with Crippen molar-refractivity contribution in [1.29, 1.82) is 0 Å². The fraction of sp³-hybridized carbons (Fsp3) is 0.412. The molecule has 21 heavy (non-hydrogen) atoms. The van der Waals surface area contributed by atoms with E-state index in [1.165, 1.54) is 10.6 Å². The van der Waals surface area contributed by atoms with Crippen molar-refractivity contribution in [1.82, 2.24) is 5.32 Å². The van der Waals surface area contributed by atoms with Gasteiger partial charge in [-0.3, -0.25) is 0 Å². The first-order chi connectivity index (χ1) is 10.1. The fourth-order valence-corrected chi connectivity index (χ4v) is 3.13. The molecular weight excluding hydrogens is 300 g/mol. The van der Waals surface area contributed by atoms with Gasteiger partial charge >= 0.3 is 0 Å². The van der Waals surface area contributed by atoms with Crippen molar-refractivity contribution in [3.05, 3.63) is 51.2 Å². The van der Waals surface area contributed by atoms with Gasteiger partial charge in [0.2, 0.25) is 0 Å². The molecule has 0 aliphatic carbocycles. The largest absolute Gasteiger partial charge is 0.367 e. The molecule has 0 aliphatic rings. The summed E-state index contributed by atoms with van der Waals surface area (Å²) in [4.78, 5) is 3.72. The minimum atomic E-state index is 0.465. The second kappa shape index (κ2) is 7.83. The Hall–Kier alpha value is -1.03. The molecule has 114 valence electrons. The van der Waals surface area contributed by atoms with E-state index in [0.717, 1.165) is 30.2 Å². The minimum Gasteiger partial charge on any atom is -0.367 e. The zero-order valence-electron chi connectivity index (χ0n) is 12.9. The van der Waals surface area contributed by atoms with E-state index in [-0.39, 0.29) is 0 Å². The van der Waals surface area contributed by atoms with E-state index in [1.54, 1.807) is 11.3 Å². The van der Waals surface area contributed by atoms with E-state index < -0.39 is 0 Å². The van der Waals surface area contributed by atoms with E-state index in [1.807, 2.05) is 0 Å².